The first-order valence-corrected chi connectivity index (χ1v) is 2.73. The van der Waals surface area contributed by atoms with Crippen LogP contribution < -0.4 is 0 Å². The minimum atomic E-state index is 1.23. The summed E-state index contributed by atoms with van der Waals surface area (Å²) < 4.78 is 0. The second-order valence-electron chi connectivity index (χ2n) is 1.49. The van der Waals surface area contributed by atoms with E-state index >= 15 is 0 Å². The Hall–Kier alpha value is 0. The van der Waals surface area contributed by atoms with Crippen LogP contribution >= 0.6 is 0 Å². The molecule has 0 amide bonds. The van der Waals surface area contributed by atoms with Gasteiger partial charge < -0.3 is 0 Å². The number of rotatable bonds is 3. The molecule has 0 saturated carbocycles. The summed E-state index contributed by atoms with van der Waals surface area (Å²) in [5.41, 5.74) is 0. The molecule has 6 heavy (non-hydrogen) atoms. The van der Waals surface area contributed by atoms with Crippen molar-refractivity contribution < 1.29 is 0 Å². The molecule has 0 atom stereocenters. The highest BCUT2D eigenvalue weighted by atomic mass is 13.8. The third-order valence-corrected chi connectivity index (χ3v) is 0.781. The van der Waals surface area contributed by atoms with Crippen LogP contribution in [0.25, 0.3) is 0 Å². The Kier molecular flexibility index (Phi) is 5.00. The first-order chi connectivity index (χ1) is 2.91. The van der Waals surface area contributed by atoms with E-state index < -0.39 is 0 Å². The summed E-state index contributed by atoms with van der Waals surface area (Å²) >= 11 is 0. The molecule has 0 fully saturated rings. The summed E-state index contributed by atoms with van der Waals surface area (Å²) in [6, 6.07) is 0. The van der Waals surface area contributed by atoms with Gasteiger partial charge in [0.1, 0.15) is 0 Å². The number of unbranched alkanes of at least 4 members (excludes halogenated alkanes) is 3. The molecule has 0 rings (SSSR count). The zero-order valence-electron chi connectivity index (χ0n) is 4.70. The Labute approximate surface area is 40.6 Å². The van der Waals surface area contributed by atoms with Crippen LogP contribution in [0.15, 0.2) is 0 Å². The van der Waals surface area contributed by atoms with E-state index in [1.807, 2.05) is 0 Å². The fraction of sp³-hybridized carbons (Fsp3) is 0.833. The zero-order chi connectivity index (χ0) is 4.83. The van der Waals surface area contributed by atoms with E-state index in [-0.39, 0.29) is 0 Å². The molecule has 0 aromatic rings. The summed E-state index contributed by atoms with van der Waals surface area (Å²) in [6.45, 7) is 4.38. The van der Waals surface area contributed by atoms with Crippen molar-refractivity contribution in [3.8, 4) is 0 Å². The van der Waals surface area contributed by atoms with E-state index in [1.165, 1.54) is 19.3 Å². The van der Waals surface area contributed by atoms with Crippen molar-refractivity contribution in [1.82, 2.24) is 0 Å². The van der Waals surface area contributed by atoms with Gasteiger partial charge in [-0.3, -0.25) is 0 Å². The maximum atomic E-state index is 2.31. The maximum absolute atomic E-state index is 2.31. The van der Waals surface area contributed by atoms with Gasteiger partial charge in [-0.15, -0.1) is 0 Å². The Bertz CT molecular complexity index is 12.0. The second kappa shape index (κ2) is 5.00. The van der Waals surface area contributed by atoms with Gasteiger partial charge in [-0.2, -0.15) is 0 Å². The minimum Gasteiger partial charge on any atom is -0.0654 e. The van der Waals surface area contributed by atoms with Crippen LogP contribution in [0, 0.1) is 6.42 Å². The summed E-state index contributed by atoms with van der Waals surface area (Å²) in [7, 11) is 0. The van der Waals surface area contributed by atoms with Gasteiger partial charge in [-0.05, 0) is 6.42 Å². The standard InChI is InChI=1S/C6H13/c1-3-5-6-4-2/h5H,3-4,6H2,1-2H3. The Morgan fingerprint density at radius 3 is 2.17 bits per heavy atom. The van der Waals surface area contributed by atoms with Crippen LogP contribution in [-0.4, -0.2) is 0 Å². The first-order valence-electron chi connectivity index (χ1n) is 2.73. The summed E-state index contributed by atoms with van der Waals surface area (Å²) in [6.07, 6.45) is 6.12. The van der Waals surface area contributed by atoms with Gasteiger partial charge in [0.05, 0.1) is 0 Å². The molecular weight excluding hydrogens is 72.1 g/mol. The summed E-state index contributed by atoms with van der Waals surface area (Å²) in [5, 5.41) is 0. The minimum absolute atomic E-state index is 1.23. The smallest absolute Gasteiger partial charge is 0.0389 e. The molecule has 1 radical (unpaired) electrons. The van der Waals surface area contributed by atoms with E-state index in [1.54, 1.807) is 0 Å². The molecule has 0 saturated heterocycles. The van der Waals surface area contributed by atoms with Crippen LogP contribution in [0.1, 0.15) is 33.1 Å². The lowest BCUT2D eigenvalue weighted by Gasteiger charge is -1.85. The molecule has 0 aromatic heterocycles. The van der Waals surface area contributed by atoms with Gasteiger partial charge in [0, 0.05) is 0 Å². The Morgan fingerprint density at radius 2 is 2.00 bits per heavy atom. The second-order valence-corrected chi connectivity index (χ2v) is 1.49. The molecule has 0 spiro atoms. The highest BCUT2D eigenvalue weighted by Gasteiger charge is 1.75. The van der Waals surface area contributed by atoms with Gasteiger partial charge in [0.2, 0.25) is 0 Å². The van der Waals surface area contributed by atoms with Gasteiger partial charge >= 0.3 is 0 Å². The molecule has 0 aliphatic rings. The van der Waals surface area contributed by atoms with E-state index in [2.05, 4.69) is 20.3 Å². The number of hydrogen-bond acceptors (Lipinski definition) is 0. The first kappa shape index (κ1) is 6.00. The molecule has 0 aromatic carbocycles. The SMILES string of the molecule is CC[CH]CCC. The molecule has 0 heterocycles. The van der Waals surface area contributed by atoms with Crippen LogP contribution in [0.4, 0.5) is 0 Å². The molecule has 0 heteroatoms. The van der Waals surface area contributed by atoms with Crippen LogP contribution in [0.3, 0.4) is 0 Å². The quantitative estimate of drug-likeness (QED) is 0.461. The Morgan fingerprint density at radius 1 is 1.33 bits per heavy atom. The molecule has 0 unspecified atom stereocenters. The average Bonchev–Trinajstić information content (AvgIpc) is 1.61. The monoisotopic (exact) mass is 85.1 g/mol. The van der Waals surface area contributed by atoms with Crippen molar-refractivity contribution in [1.29, 1.82) is 0 Å². The van der Waals surface area contributed by atoms with Crippen molar-refractivity contribution in [2.24, 2.45) is 0 Å². The van der Waals surface area contributed by atoms with Gasteiger partial charge in [0.15, 0.2) is 0 Å². The van der Waals surface area contributed by atoms with E-state index in [0.717, 1.165) is 0 Å². The lowest BCUT2D eigenvalue weighted by Crippen LogP contribution is -1.67. The van der Waals surface area contributed by atoms with Crippen molar-refractivity contribution in [3.05, 3.63) is 6.42 Å². The number of hydrogen-bond donors (Lipinski definition) is 0. The largest absolute Gasteiger partial charge is 0.0654 e. The molecule has 37 valence electrons. The van der Waals surface area contributed by atoms with Crippen molar-refractivity contribution in [2.75, 3.05) is 0 Å². The van der Waals surface area contributed by atoms with Gasteiger partial charge in [-0.25, -0.2) is 0 Å². The predicted molar refractivity (Wildman–Crippen MR) is 29.5 cm³/mol. The summed E-state index contributed by atoms with van der Waals surface area (Å²) in [4.78, 5) is 0. The van der Waals surface area contributed by atoms with Crippen molar-refractivity contribution in [3.63, 3.8) is 0 Å². The van der Waals surface area contributed by atoms with E-state index in [4.69, 9.17) is 0 Å². The Balaban J connectivity index is 2.34. The highest BCUT2D eigenvalue weighted by molar-refractivity contribution is 4.57. The van der Waals surface area contributed by atoms with Crippen LogP contribution in [0.5, 0.6) is 0 Å². The normalized spacial score (nSPS) is 9.00. The highest BCUT2D eigenvalue weighted by Crippen LogP contribution is 1.93. The third kappa shape index (κ3) is 4.00. The molecule has 0 aliphatic heterocycles. The summed E-state index contributed by atoms with van der Waals surface area (Å²) in [5.74, 6) is 0. The van der Waals surface area contributed by atoms with E-state index in [9.17, 15) is 0 Å². The molecule has 0 N–H and O–H groups in total. The van der Waals surface area contributed by atoms with Crippen LogP contribution in [-0.2, 0) is 0 Å². The molecule has 0 bridgehead atoms. The van der Waals surface area contributed by atoms with Crippen LogP contribution in [0.2, 0.25) is 0 Å². The van der Waals surface area contributed by atoms with Gasteiger partial charge in [-0.1, -0.05) is 33.1 Å². The van der Waals surface area contributed by atoms with Crippen molar-refractivity contribution in [2.45, 2.75) is 33.1 Å². The average molecular weight is 85.2 g/mol. The molecule has 0 aliphatic carbocycles. The fourth-order valence-corrected chi connectivity index (χ4v) is 0.408. The lowest BCUT2D eigenvalue weighted by atomic mass is 10.2. The topological polar surface area (TPSA) is 0 Å². The fourth-order valence-electron chi connectivity index (χ4n) is 0.408. The van der Waals surface area contributed by atoms with E-state index in [0.29, 0.717) is 0 Å². The molecular formula is C6H13. The maximum Gasteiger partial charge on any atom is -0.0389 e. The third-order valence-electron chi connectivity index (χ3n) is 0.781. The zero-order valence-corrected chi connectivity index (χ0v) is 4.70. The lowest BCUT2D eigenvalue weighted by molar-refractivity contribution is 0.852. The van der Waals surface area contributed by atoms with Crippen molar-refractivity contribution >= 4 is 0 Å². The predicted octanol–water partition coefficient (Wildman–Crippen LogP) is 2.40. The van der Waals surface area contributed by atoms with Gasteiger partial charge in [0.25, 0.3) is 0 Å². The molecule has 0 nitrogen and oxygen atoms in total.